The third-order valence-corrected chi connectivity index (χ3v) is 8.00. The molecule has 9 nitrogen and oxygen atoms in total. The van der Waals surface area contributed by atoms with Gasteiger partial charge in [-0.25, -0.2) is 15.0 Å². The number of nitrogen functional groups attached to an aromatic ring is 2. The minimum absolute atomic E-state index is 0.0394. The van der Waals surface area contributed by atoms with Gasteiger partial charge in [0.15, 0.2) is 6.23 Å². The Balaban J connectivity index is 1.31. The Morgan fingerprint density at radius 1 is 1.24 bits per heavy atom. The minimum atomic E-state index is -1.33. The molecule has 2 aliphatic rings. The van der Waals surface area contributed by atoms with Crippen LogP contribution < -0.4 is 11.5 Å². The SMILES string of the molecule is Cc1cn([C@@H]2O[C@@H]3[C@H](Cc4ccc5cc(Br)c(N)nc5c4)CC[C@]3(O)C2O)c2ncnc(N)c12. The van der Waals surface area contributed by atoms with Crippen molar-refractivity contribution in [2.24, 2.45) is 5.92 Å². The zero-order chi connectivity index (χ0) is 23.8. The summed E-state index contributed by atoms with van der Waals surface area (Å²) in [5.41, 5.74) is 14.1. The van der Waals surface area contributed by atoms with E-state index < -0.39 is 24.0 Å². The smallest absolute Gasteiger partial charge is 0.164 e. The second-order valence-electron chi connectivity index (χ2n) is 9.45. The number of nitrogens with two attached hydrogens (primary N) is 2. The molecule has 1 unspecified atom stereocenters. The summed E-state index contributed by atoms with van der Waals surface area (Å²) in [6.45, 7) is 1.91. The van der Waals surface area contributed by atoms with Gasteiger partial charge in [0, 0.05) is 11.6 Å². The van der Waals surface area contributed by atoms with E-state index in [9.17, 15) is 10.2 Å². The Kier molecular flexibility index (Phi) is 4.86. The van der Waals surface area contributed by atoms with Crippen molar-refractivity contribution in [2.75, 3.05) is 11.5 Å². The van der Waals surface area contributed by atoms with Gasteiger partial charge in [-0.05, 0) is 71.3 Å². The number of aliphatic hydroxyl groups is 2. The summed E-state index contributed by atoms with van der Waals surface area (Å²) in [7, 11) is 0. The Morgan fingerprint density at radius 3 is 2.88 bits per heavy atom. The molecule has 1 aliphatic heterocycles. The molecule has 0 radical (unpaired) electrons. The summed E-state index contributed by atoms with van der Waals surface area (Å²) in [5.74, 6) is 0.865. The van der Waals surface area contributed by atoms with Crippen LogP contribution in [0.5, 0.6) is 0 Å². The van der Waals surface area contributed by atoms with Gasteiger partial charge in [0.05, 0.1) is 21.5 Å². The molecule has 1 aliphatic carbocycles. The van der Waals surface area contributed by atoms with E-state index in [0.717, 1.165) is 38.3 Å². The molecule has 176 valence electrons. The summed E-state index contributed by atoms with van der Waals surface area (Å²) in [6.07, 6.45) is 2.78. The topological polar surface area (TPSA) is 145 Å². The lowest BCUT2D eigenvalue weighted by molar-refractivity contribution is -0.0675. The van der Waals surface area contributed by atoms with E-state index in [1.807, 2.05) is 31.3 Å². The van der Waals surface area contributed by atoms with Crippen molar-refractivity contribution in [2.45, 2.75) is 50.2 Å². The highest BCUT2D eigenvalue weighted by atomic mass is 79.9. The van der Waals surface area contributed by atoms with Crippen molar-refractivity contribution in [1.29, 1.82) is 0 Å². The Labute approximate surface area is 203 Å². The number of aliphatic hydroxyl groups excluding tert-OH is 1. The molecule has 0 amide bonds. The number of nitrogens with zero attached hydrogens (tertiary/aromatic N) is 4. The van der Waals surface area contributed by atoms with Crippen molar-refractivity contribution >= 4 is 49.5 Å². The predicted molar refractivity (Wildman–Crippen MR) is 132 cm³/mol. The van der Waals surface area contributed by atoms with Crippen molar-refractivity contribution in [3.05, 3.63) is 52.4 Å². The lowest BCUT2D eigenvalue weighted by Gasteiger charge is -2.26. The van der Waals surface area contributed by atoms with Crippen molar-refractivity contribution in [1.82, 2.24) is 19.5 Å². The Bertz CT molecular complexity index is 1440. The number of rotatable bonds is 3. The number of aryl methyl sites for hydroxylation is 1. The molecular formula is C24H25BrN6O3. The highest BCUT2D eigenvalue weighted by Crippen LogP contribution is 2.51. The lowest BCUT2D eigenvalue weighted by atomic mass is 9.90. The maximum Gasteiger partial charge on any atom is 0.164 e. The summed E-state index contributed by atoms with van der Waals surface area (Å²) < 4.78 is 8.91. The number of benzene rings is 1. The van der Waals surface area contributed by atoms with Gasteiger partial charge in [-0.2, -0.15) is 0 Å². The first kappa shape index (κ1) is 21.7. The van der Waals surface area contributed by atoms with Gasteiger partial charge in [-0.15, -0.1) is 0 Å². The molecule has 34 heavy (non-hydrogen) atoms. The van der Waals surface area contributed by atoms with Gasteiger partial charge in [-0.1, -0.05) is 12.1 Å². The standard InChI is InChI=1S/C24H25BrN6O3/c1-11-9-31(22-17(11)21(27)28-10-29-22)23-18(32)24(33)5-4-14(19(24)34-23)6-12-2-3-13-8-15(25)20(26)30-16(13)7-12/h2-3,7-10,14,18-19,23,32-33H,4-6H2,1H3,(H2,26,30)(H2,27,28,29)/t14-,18?,19+,23+,24-/m0/s1. The molecule has 5 atom stereocenters. The van der Waals surface area contributed by atoms with Gasteiger partial charge in [-0.3, -0.25) is 0 Å². The average Bonchev–Trinajstić information content (AvgIpc) is 3.39. The van der Waals surface area contributed by atoms with Crippen LogP contribution in [0.2, 0.25) is 0 Å². The van der Waals surface area contributed by atoms with E-state index in [1.54, 1.807) is 4.57 Å². The summed E-state index contributed by atoms with van der Waals surface area (Å²) in [6, 6.07) is 8.07. The first-order chi connectivity index (χ1) is 16.3. The van der Waals surface area contributed by atoms with Gasteiger partial charge in [0.1, 0.15) is 35.3 Å². The van der Waals surface area contributed by atoms with Gasteiger partial charge >= 0.3 is 0 Å². The molecule has 4 heterocycles. The minimum Gasteiger partial charge on any atom is -0.385 e. The lowest BCUT2D eigenvalue weighted by Crippen LogP contribution is -2.45. The van der Waals surface area contributed by atoms with Crippen LogP contribution in [0.1, 0.15) is 30.2 Å². The maximum absolute atomic E-state index is 11.5. The van der Waals surface area contributed by atoms with Gasteiger partial charge in [0.25, 0.3) is 0 Å². The largest absolute Gasteiger partial charge is 0.385 e. The van der Waals surface area contributed by atoms with Crippen molar-refractivity contribution in [3.63, 3.8) is 0 Å². The summed E-state index contributed by atoms with van der Waals surface area (Å²) in [5, 5.41) is 24.4. The third kappa shape index (κ3) is 3.13. The molecule has 1 saturated carbocycles. The molecule has 6 rings (SSSR count). The Hall–Kier alpha value is -2.79. The number of hydrogen-bond donors (Lipinski definition) is 4. The summed E-state index contributed by atoms with van der Waals surface area (Å²) in [4.78, 5) is 12.9. The highest BCUT2D eigenvalue weighted by Gasteiger charge is 2.61. The predicted octanol–water partition coefficient (Wildman–Crippen LogP) is 2.86. The average molecular weight is 525 g/mol. The number of fused-ring (bicyclic) bond motifs is 3. The maximum atomic E-state index is 11.5. The molecule has 1 saturated heterocycles. The molecule has 1 aromatic carbocycles. The van der Waals surface area contributed by atoms with Crippen molar-refractivity contribution in [3.8, 4) is 0 Å². The Morgan fingerprint density at radius 2 is 2.06 bits per heavy atom. The number of halogens is 1. The van der Waals surface area contributed by atoms with Crippen molar-refractivity contribution < 1.29 is 14.9 Å². The van der Waals surface area contributed by atoms with Crippen LogP contribution in [-0.2, 0) is 11.2 Å². The molecule has 4 aromatic rings. The number of aromatic nitrogens is 4. The van der Waals surface area contributed by atoms with E-state index in [0.29, 0.717) is 30.1 Å². The van der Waals surface area contributed by atoms with Crippen LogP contribution in [-0.4, -0.2) is 47.5 Å². The molecule has 3 aromatic heterocycles. The highest BCUT2D eigenvalue weighted by molar-refractivity contribution is 9.10. The van der Waals surface area contributed by atoms with E-state index in [2.05, 4.69) is 36.9 Å². The molecule has 0 bridgehead atoms. The molecule has 6 N–H and O–H groups in total. The normalized spacial score (nSPS) is 28.7. The molecule has 2 fully saturated rings. The van der Waals surface area contributed by atoms with E-state index >= 15 is 0 Å². The van der Waals surface area contributed by atoms with Crippen LogP contribution >= 0.6 is 15.9 Å². The second kappa shape index (κ2) is 7.61. The zero-order valence-corrected chi connectivity index (χ0v) is 20.1. The zero-order valence-electron chi connectivity index (χ0n) is 18.5. The fourth-order valence-electron chi connectivity index (χ4n) is 5.69. The van der Waals surface area contributed by atoms with Crippen LogP contribution in [0.25, 0.3) is 21.9 Å². The van der Waals surface area contributed by atoms with Crippen LogP contribution in [0.4, 0.5) is 11.6 Å². The van der Waals surface area contributed by atoms with Crippen LogP contribution in [0.3, 0.4) is 0 Å². The number of hydrogen-bond acceptors (Lipinski definition) is 8. The second-order valence-corrected chi connectivity index (χ2v) is 10.3. The van der Waals surface area contributed by atoms with Crippen LogP contribution in [0.15, 0.2) is 41.3 Å². The van der Waals surface area contributed by atoms with E-state index in [1.165, 1.54) is 6.33 Å². The van der Waals surface area contributed by atoms with E-state index in [4.69, 9.17) is 16.2 Å². The number of anilines is 2. The molecule has 0 spiro atoms. The van der Waals surface area contributed by atoms with Gasteiger partial charge in [0.2, 0.25) is 0 Å². The summed E-state index contributed by atoms with van der Waals surface area (Å²) >= 11 is 3.42. The third-order valence-electron chi connectivity index (χ3n) is 7.37. The van der Waals surface area contributed by atoms with Gasteiger partial charge < -0.3 is 31.0 Å². The monoisotopic (exact) mass is 524 g/mol. The number of ether oxygens (including phenoxy) is 1. The fraction of sp³-hybridized carbons (Fsp3) is 0.375. The number of pyridine rings is 1. The first-order valence-corrected chi connectivity index (χ1v) is 12.0. The fourth-order valence-corrected chi connectivity index (χ4v) is 6.02. The molecular weight excluding hydrogens is 500 g/mol. The molecule has 10 heteroatoms. The quantitative estimate of drug-likeness (QED) is 0.320. The van der Waals surface area contributed by atoms with Crippen LogP contribution in [0, 0.1) is 12.8 Å². The first-order valence-electron chi connectivity index (χ1n) is 11.2. The van der Waals surface area contributed by atoms with E-state index in [-0.39, 0.29) is 5.92 Å².